The number of nitrogens with zero attached hydrogens (tertiary/aromatic N) is 1. The van der Waals surface area contributed by atoms with Gasteiger partial charge < -0.3 is 9.32 Å². The number of benzene rings is 7. The third-order valence-corrected chi connectivity index (χ3v) is 9.79. The monoisotopic (exact) mass is 593 g/mol. The van der Waals surface area contributed by atoms with Crippen LogP contribution in [-0.4, -0.2) is 0 Å². The molecule has 0 aliphatic heterocycles. The first-order chi connectivity index (χ1) is 22.3. The summed E-state index contributed by atoms with van der Waals surface area (Å²) in [5, 5.41) is 4.68. The van der Waals surface area contributed by atoms with Crippen molar-refractivity contribution in [3.05, 3.63) is 164 Å². The van der Waals surface area contributed by atoms with Gasteiger partial charge in [-0.2, -0.15) is 0 Å². The first-order valence-electron chi connectivity index (χ1n) is 15.2. The summed E-state index contributed by atoms with van der Waals surface area (Å²) < 4.78 is 9.17. The molecule has 0 amide bonds. The number of thiophene rings is 1. The number of hydrogen-bond donors (Lipinski definition) is 0. The fraction of sp³-hybridized carbons (Fsp3) is 0. The van der Waals surface area contributed by atoms with E-state index in [9.17, 15) is 0 Å². The van der Waals surface area contributed by atoms with Crippen LogP contribution in [0, 0.1) is 0 Å². The molecule has 0 saturated carbocycles. The highest BCUT2D eigenvalue weighted by molar-refractivity contribution is 7.26. The molecule has 0 unspecified atom stereocenters. The van der Waals surface area contributed by atoms with Crippen LogP contribution in [0.1, 0.15) is 0 Å². The van der Waals surface area contributed by atoms with Crippen molar-refractivity contribution < 1.29 is 4.42 Å². The minimum Gasteiger partial charge on any atom is -0.455 e. The average molecular weight is 594 g/mol. The second-order valence-corrected chi connectivity index (χ2v) is 12.4. The van der Waals surface area contributed by atoms with Crippen molar-refractivity contribution in [1.82, 2.24) is 0 Å². The van der Waals surface area contributed by atoms with E-state index in [1.165, 1.54) is 42.4 Å². The molecule has 0 atom stereocenters. The Hall–Kier alpha value is -5.64. The number of anilines is 3. The quantitative estimate of drug-likeness (QED) is 0.197. The van der Waals surface area contributed by atoms with Gasteiger partial charge in [-0.1, -0.05) is 121 Å². The largest absolute Gasteiger partial charge is 0.455 e. The highest BCUT2D eigenvalue weighted by Gasteiger charge is 2.23. The molecule has 0 aliphatic carbocycles. The minimum atomic E-state index is 0.902. The Labute approximate surface area is 265 Å². The van der Waals surface area contributed by atoms with Crippen molar-refractivity contribution in [3.63, 3.8) is 0 Å². The molecule has 9 rings (SSSR count). The van der Waals surface area contributed by atoms with Gasteiger partial charge in [0, 0.05) is 36.9 Å². The van der Waals surface area contributed by atoms with E-state index in [4.69, 9.17) is 4.42 Å². The molecule has 0 saturated heterocycles. The fourth-order valence-corrected chi connectivity index (χ4v) is 7.68. The first-order valence-corrected chi connectivity index (χ1v) is 16.0. The van der Waals surface area contributed by atoms with Gasteiger partial charge in [-0.25, -0.2) is 0 Å². The lowest BCUT2D eigenvalue weighted by molar-refractivity contribution is 0.673. The van der Waals surface area contributed by atoms with Gasteiger partial charge in [0.05, 0.1) is 11.1 Å². The third-order valence-electron chi connectivity index (χ3n) is 8.68. The Kier molecular flexibility index (Phi) is 6.03. The Morgan fingerprint density at radius 2 is 0.956 bits per heavy atom. The van der Waals surface area contributed by atoms with E-state index in [2.05, 4.69) is 163 Å². The normalized spacial score (nSPS) is 11.6. The van der Waals surface area contributed by atoms with E-state index >= 15 is 0 Å². The maximum atomic E-state index is 6.69. The molecule has 212 valence electrons. The number of hydrogen-bond acceptors (Lipinski definition) is 3. The number of para-hydroxylation sites is 2. The van der Waals surface area contributed by atoms with Crippen molar-refractivity contribution in [3.8, 4) is 22.3 Å². The number of fused-ring (bicyclic) bond motifs is 7. The van der Waals surface area contributed by atoms with Crippen molar-refractivity contribution in [2.45, 2.75) is 0 Å². The SMILES string of the molecule is c1ccc(-c2ccc(-c3ccc(N(c4ccccc4)c4cc5sc6ccccc6c5c5oc6ccccc6c45)cc3)cc2)cc1. The topological polar surface area (TPSA) is 16.4 Å². The van der Waals surface area contributed by atoms with Crippen molar-refractivity contribution in [2.24, 2.45) is 0 Å². The zero-order chi connectivity index (χ0) is 29.7. The van der Waals surface area contributed by atoms with Gasteiger partial charge in [-0.3, -0.25) is 0 Å². The number of furan rings is 1. The summed E-state index contributed by atoms with van der Waals surface area (Å²) in [6.07, 6.45) is 0. The molecular weight excluding hydrogens is 567 g/mol. The van der Waals surface area contributed by atoms with Gasteiger partial charge in [-0.15, -0.1) is 11.3 Å². The zero-order valence-electron chi connectivity index (χ0n) is 24.4. The van der Waals surface area contributed by atoms with E-state index in [0.29, 0.717) is 0 Å². The van der Waals surface area contributed by atoms with Crippen LogP contribution < -0.4 is 4.90 Å². The summed E-state index contributed by atoms with van der Waals surface area (Å²) in [4.78, 5) is 2.37. The molecule has 2 heterocycles. The summed E-state index contributed by atoms with van der Waals surface area (Å²) in [6, 6.07) is 58.3. The van der Waals surface area contributed by atoms with Crippen molar-refractivity contribution >= 4 is 70.5 Å². The third kappa shape index (κ3) is 4.32. The molecule has 0 aliphatic rings. The van der Waals surface area contributed by atoms with Crippen LogP contribution in [-0.2, 0) is 0 Å². The van der Waals surface area contributed by atoms with Gasteiger partial charge in [0.25, 0.3) is 0 Å². The standard InChI is InChI=1S/C42H27NOS/c1-3-11-28(12-4-1)29-19-21-30(22-20-29)31-23-25-33(26-24-31)43(32-13-5-2-6-14-32)36-27-39-41(35-16-8-10-18-38(35)45-39)42-40(36)34-15-7-9-17-37(34)44-42/h1-27H. The minimum absolute atomic E-state index is 0.902. The van der Waals surface area contributed by atoms with Crippen LogP contribution in [0.2, 0.25) is 0 Å². The van der Waals surface area contributed by atoms with Crippen LogP contribution in [0.15, 0.2) is 168 Å². The summed E-state index contributed by atoms with van der Waals surface area (Å²) in [5.41, 5.74) is 9.98. The van der Waals surface area contributed by atoms with Crippen LogP contribution in [0.3, 0.4) is 0 Å². The molecule has 3 heteroatoms. The van der Waals surface area contributed by atoms with Crippen LogP contribution in [0.4, 0.5) is 17.1 Å². The second kappa shape index (κ2) is 10.5. The maximum absolute atomic E-state index is 6.69. The molecule has 2 aromatic heterocycles. The Morgan fingerprint density at radius 3 is 1.67 bits per heavy atom. The van der Waals surface area contributed by atoms with Crippen molar-refractivity contribution in [2.75, 3.05) is 4.90 Å². The lowest BCUT2D eigenvalue weighted by atomic mass is 10.00. The van der Waals surface area contributed by atoms with Crippen LogP contribution in [0.5, 0.6) is 0 Å². The van der Waals surface area contributed by atoms with Gasteiger partial charge in [0.1, 0.15) is 11.2 Å². The molecule has 0 N–H and O–H groups in total. The molecule has 7 aromatic carbocycles. The number of rotatable bonds is 5. The van der Waals surface area contributed by atoms with Gasteiger partial charge >= 0.3 is 0 Å². The Bertz CT molecular complexity index is 2460. The molecular formula is C42H27NOS. The van der Waals surface area contributed by atoms with Gasteiger partial charge in [0.15, 0.2) is 0 Å². The van der Waals surface area contributed by atoms with E-state index in [0.717, 1.165) is 39.0 Å². The highest BCUT2D eigenvalue weighted by atomic mass is 32.1. The molecule has 0 bridgehead atoms. The molecule has 9 aromatic rings. The summed E-state index contributed by atoms with van der Waals surface area (Å²) >= 11 is 1.82. The van der Waals surface area contributed by atoms with Crippen LogP contribution in [0.25, 0.3) is 64.4 Å². The molecule has 45 heavy (non-hydrogen) atoms. The van der Waals surface area contributed by atoms with E-state index in [1.807, 2.05) is 17.4 Å². The lowest BCUT2D eigenvalue weighted by Gasteiger charge is -2.26. The second-order valence-electron chi connectivity index (χ2n) is 11.3. The smallest absolute Gasteiger partial charge is 0.146 e. The maximum Gasteiger partial charge on any atom is 0.146 e. The molecule has 0 spiro atoms. The highest BCUT2D eigenvalue weighted by Crippen LogP contribution is 2.49. The van der Waals surface area contributed by atoms with E-state index < -0.39 is 0 Å². The van der Waals surface area contributed by atoms with Crippen molar-refractivity contribution in [1.29, 1.82) is 0 Å². The Balaban J connectivity index is 1.23. The average Bonchev–Trinajstić information content (AvgIpc) is 3.68. The predicted molar refractivity (Wildman–Crippen MR) is 192 cm³/mol. The van der Waals surface area contributed by atoms with Gasteiger partial charge in [-0.05, 0) is 64.7 Å². The molecule has 0 fully saturated rings. The predicted octanol–water partition coefficient (Wildman–Crippen LogP) is 12.8. The van der Waals surface area contributed by atoms with Gasteiger partial charge in [0.2, 0.25) is 0 Å². The summed E-state index contributed by atoms with van der Waals surface area (Å²) in [7, 11) is 0. The van der Waals surface area contributed by atoms with Crippen LogP contribution >= 0.6 is 11.3 Å². The fourth-order valence-electron chi connectivity index (χ4n) is 6.54. The molecule has 0 radical (unpaired) electrons. The molecule has 2 nitrogen and oxygen atoms in total. The Morgan fingerprint density at radius 1 is 0.422 bits per heavy atom. The lowest BCUT2D eigenvalue weighted by Crippen LogP contribution is -2.10. The first kappa shape index (κ1) is 25.8. The summed E-state index contributed by atoms with van der Waals surface area (Å²) in [6.45, 7) is 0. The zero-order valence-corrected chi connectivity index (χ0v) is 25.2. The summed E-state index contributed by atoms with van der Waals surface area (Å²) in [5.74, 6) is 0. The van der Waals surface area contributed by atoms with E-state index in [1.54, 1.807) is 0 Å². The van der Waals surface area contributed by atoms with E-state index in [-0.39, 0.29) is 0 Å².